The van der Waals surface area contributed by atoms with Crippen molar-refractivity contribution in [3.8, 4) is 0 Å². The third-order valence-electron chi connectivity index (χ3n) is 4.60. The topological polar surface area (TPSA) is 57.7 Å². The number of carbonyl (C=O) groups excluding carboxylic acids is 1. The second-order valence-corrected chi connectivity index (χ2v) is 6.27. The summed E-state index contributed by atoms with van der Waals surface area (Å²) in [5.41, 5.74) is 1.03. The molecular formula is C17H28N4O2. The fourth-order valence-electron chi connectivity index (χ4n) is 2.89. The van der Waals surface area contributed by atoms with Crippen LogP contribution < -0.4 is 5.32 Å². The van der Waals surface area contributed by atoms with Crippen LogP contribution in [0.3, 0.4) is 0 Å². The average Bonchev–Trinajstić information content (AvgIpc) is 2.59. The summed E-state index contributed by atoms with van der Waals surface area (Å²) in [7, 11) is 1.81. The van der Waals surface area contributed by atoms with E-state index in [-0.39, 0.29) is 12.1 Å². The zero-order valence-corrected chi connectivity index (χ0v) is 14.5. The molecule has 0 spiro atoms. The Balaban J connectivity index is 1.84. The SMILES string of the molecule is C[C@H](c1cccnc1)N(C)C(=O)NC[C@H](C)N1CCOC[C@H]1C. The zero-order valence-electron chi connectivity index (χ0n) is 14.5. The molecule has 1 aliphatic heterocycles. The molecule has 0 radical (unpaired) electrons. The molecule has 1 aromatic rings. The minimum atomic E-state index is -0.0610. The molecule has 0 bridgehead atoms. The van der Waals surface area contributed by atoms with Gasteiger partial charge >= 0.3 is 6.03 Å². The highest BCUT2D eigenvalue weighted by atomic mass is 16.5. The third kappa shape index (κ3) is 4.65. The largest absolute Gasteiger partial charge is 0.379 e. The van der Waals surface area contributed by atoms with Crippen LogP contribution in [0.5, 0.6) is 0 Å². The number of pyridine rings is 1. The van der Waals surface area contributed by atoms with Gasteiger partial charge in [-0.2, -0.15) is 0 Å². The first-order chi connectivity index (χ1) is 11.0. The lowest BCUT2D eigenvalue weighted by atomic mass is 10.1. The summed E-state index contributed by atoms with van der Waals surface area (Å²) >= 11 is 0. The summed E-state index contributed by atoms with van der Waals surface area (Å²) in [5, 5.41) is 3.03. The molecule has 6 heteroatoms. The molecule has 3 atom stereocenters. The van der Waals surface area contributed by atoms with Crippen LogP contribution in [0.25, 0.3) is 0 Å². The fourth-order valence-corrected chi connectivity index (χ4v) is 2.89. The molecule has 0 unspecified atom stereocenters. The lowest BCUT2D eigenvalue weighted by Gasteiger charge is -2.38. The number of ether oxygens (including phenoxy) is 1. The Kier molecular flexibility index (Phi) is 6.36. The van der Waals surface area contributed by atoms with Crippen molar-refractivity contribution >= 4 is 6.03 Å². The number of morpholine rings is 1. The summed E-state index contributed by atoms with van der Waals surface area (Å²) in [5.74, 6) is 0. The molecule has 1 saturated heterocycles. The van der Waals surface area contributed by atoms with E-state index in [4.69, 9.17) is 4.74 Å². The monoisotopic (exact) mass is 320 g/mol. The number of urea groups is 1. The second-order valence-electron chi connectivity index (χ2n) is 6.27. The number of aromatic nitrogens is 1. The molecule has 2 heterocycles. The van der Waals surface area contributed by atoms with Crippen molar-refractivity contribution in [1.82, 2.24) is 20.1 Å². The van der Waals surface area contributed by atoms with Gasteiger partial charge in [-0.3, -0.25) is 9.88 Å². The van der Waals surface area contributed by atoms with Gasteiger partial charge in [0.2, 0.25) is 0 Å². The van der Waals surface area contributed by atoms with Crippen molar-refractivity contribution in [3.05, 3.63) is 30.1 Å². The Hall–Kier alpha value is -1.66. The van der Waals surface area contributed by atoms with Gasteiger partial charge in [-0.1, -0.05) is 6.07 Å². The first-order valence-electron chi connectivity index (χ1n) is 8.24. The number of hydrogen-bond acceptors (Lipinski definition) is 4. The predicted molar refractivity (Wildman–Crippen MR) is 90.3 cm³/mol. The maximum atomic E-state index is 12.4. The number of nitrogens with one attached hydrogen (secondary N) is 1. The molecule has 2 rings (SSSR count). The smallest absolute Gasteiger partial charge is 0.317 e. The first-order valence-corrected chi connectivity index (χ1v) is 8.24. The lowest BCUT2D eigenvalue weighted by molar-refractivity contribution is -0.0178. The molecule has 2 amide bonds. The van der Waals surface area contributed by atoms with Gasteiger partial charge in [0.25, 0.3) is 0 Å². The molecule has 0 aliphatic carbocycles. The minimum Gasteiger partial charge on any atom is -0.379 e. The summed E-state index contributed by atoms with van der Waals surface area (Å²) in [4.78, 5) is 20.6. The van der Waals surface area contributed by atoms with Gasteiger partial charge in [0.1, 0.15) is 0 Å². The van der Waals surface area contributed by atoms with Gasteiger partial charge < -0.3 is 15.0 Å². The number of carbonyl (C=O) groups is 1. The Morgan fingerprint density at radius 1 is 1.57 bits per heavy atom. The summed E-state index contributed by atoms with van der Waals surface area (Å²) in [6.45, 7) is 9.38. The van der Waals surface area contributed by atoms with E-state index in [1.165, 1.54) is 0 Å². The van der Waals surface area contributed by atoms with Gasteiger partial charge in [0.15, 0.2) is 0 Å². The molecule has 6 nitrogen and oxygen atoms in total. The molecule has 1 fully saturated rings. The standard InChI is InChI=1S/C17H28N4O2/c1-13(21-8-9-23-12-14(21)2)10-19-17(22)20(4)15(3)16-6-5-7-18-11-16/h5-7,11,13-15H,8-10,12H2,1-4H3,(H,19,22)/t13-,14+,15+/m0/s1. The van der Waals surface area contributed by atoms with Gasteiger partial charge in [0, 0.05) is 44.6 Å². The lowest BCUT2D eigenvalue weighted by Crippen LogP contribution is -2.53. The zero-order chi connectivity index (χ0) is 16.8. The maximum Gasteiger partial charge on any atom is 0.317 e. The predicted octanol–water partition coefficient (Wildman–Crippen LogP) is 1.89. The van der Waals surface area contributed by atoms with Gasteiger partial charge in [-0.05, 0) is 32.4 Å². The van der Waals surface area contributed by atoms with Crippen LogP contribution in [0.15, 0.2) is 24.5 Å². The van der Waals surface area contributed by atoms with E-state index >= 15 is 0 Å². The molecule has 128 valence electrons. The molecule has 1 aliphatic rings. The molecule has 23 heavy (non-hydrogen) atoms. The second kappa shape index (κ2) is 8.26. The summed E-state index contributed by atoms with van der Waals surface area (Å²) < 4.78 is 5.46. The van der Waals surface area contributed by atoms with Crippen molar-refractivity contribution in [2.24, 2.45) is 0 Å². The quantitative estimate of drug-likeness (QED) is 0.900. The average molecular weight is 320 g/mol. The van der Waals surface area contributed by atoms with Crippen LogP contribution >= 0.6 is 0 Å². The number of rotatable bonds is 5. The van der Waals surface area contributed by atoms with Crippen LogP contribution in [0.4, 0.5) is 4.79 Å². The van der Waals surface area contributed by atoms with E-state index in [1.54, 1.807) is 17.3 Å². The van der Waals surface area contributed by atoms with Crippen molar-refractivity contribution in [2.75, 3.05) is 33.4 Å². The van der Waals surface area contributed by atoms with Crippen LogP contribution in [-0.2, 0) is 4.74 Å². The minimum absolute atomic E-state index is 0.0127. The Morgan fingerprint density at radius 3 is 3.00 bits per heavy atom. The highest BCUT2D eigenvalue weighted by Crippen LogP contribution is 2.17. The van der Waals surface area contributed by atoms with Gasteiger partial charge in [0.05, 0.1) is 19.3 Å². The van der Waals surface area contributed by atoms with Gasteiger partial charge in [-0.25, -0.2) is 4.79 Å². The molecule has 1 aromatic heterocycles. The van der Waals surface area contributed by atoms with Crippen LogP contribution in [0.2, 0.25) is 0 Å². The Labute approximate surface area is 138 Å². The van der Waals surface area contributed by atoms with Crippen molar-refractivity contribution < 1.29 is 9.53 Å². The fraction of sp³-hybridized carbons (Fsp3) is 0.647. The Morgan fingerprint density at radius 2 is 2.35 bits per heavy atom. The van der Waals surface area contributed by atoms with Crippen LogP contribution in [0.1, 0.15) is 32.4 Å². The third-order valence-corrected chi connectivity index (χ3v) is 4.60. The number of amides is 2. The molecule has 0 aromatic carbocycles. The van der Waals surface area contributed by atoms with E-state index in [0.717, 1.165) is 25.3 Å². The van der Waals surface area contributed by atoms with E-state index < -0.39 is 0 Å². The molecular weight excluding hydrogens is 292 g/mol. The van der Waals surface area contributed by atoms with Gasteiger partial charge in [-0.15, -0.1) is 0 Å². The normalized spacial score (nSPS) is 21.5. The molecule has 0 saturated carbocycles. The number of nitrogens with zero attached hydrogens (tertiary/aromatic N) is 3. The summed E-state index contributed by atoms with van der Waals surface area (Å²) in [6.07, 6.45) is 3.54. The van der Waals surface area contributed by atoms with E-state index in [9.17, 15) is 4.79 Å². The Bertz CT molecular complexity index is 497. The van der Waals surface area contributed by atoms with Crippen LogP contribution in [0, 0.1) is 0 Å². The van der Waals surface area contributed by atoms with Crippen molar-refractivity contribution in [3.63, 3.8) is 0 Å². The highest BCUT2D eigenvalue weighted by Gasteiger charge is 2.24. The maximum absolute atomic E-state index is 12.4. The number of hydrogen-bond donors (Lipinski definition) is 1. The van der Waals surface area contributed by atoms with Crippen LogP contribution in [-0.4, -0.2) is 66.2 Å². The highest BCUT2D eigenvalue weighted by molar-refractivity contribution is 5.74. The molecule has 1 N–H and O–H groups in total. The van der Waals surface area contributed by atoms with Crippen molar-refractivity contribution in [1.29, 1.82) is 0 Å². The van der Waals surface area contributed by atoms with E-state index in [1.807, 2.05) is 26.1 Å². The summed E-state index contributed by atoms with van der Waals surface area (Å²) in [6, 6.07) is 4.48. The first kappa shape index (κ1) is 17.7. The van der Waals surface area contributed by atoms with E-state index in [2.05, 4.69) is 29.0 Å². The van der Waals surface area contributed by atoms with E-state index in [0.29, 0.717) is 18.6 Å². The van der Waals surface area contributed by atoms with Crippen molar-refractivity contribution in [2.45, 2.75) is 38.9 Å².